The zero-order valence-electron chi connectivity index (χ0n) is 12.4. The van der Waals surface area contributed by atoms with E-state index in [9.17, 15) is 14.7 Å². The van der Waals surface area contributed by atoms with Crippen LogP contribution in [-0.4, -0.2) is 52.9 Å². The number of nitrogens with one attached hydrogen (secondary N) is 1. The summed E-state index contributed by atoms with van der Waals surface area (Å²) in [5, 5.41) is 21.0. The van der Waals surface area contributed by atoms with E-state index < -0.39 is 18.0 Å². The van der Waals surface area contributed by atoms with Gasteiger partial charge in [0.25, 0.3) is 0 Å². The van der Waals surface area contributed by atoms with Gasteiger partial charge in [-0.3, -0.25) is 4.79 Å². The average molecular weight is 294 g/mol. The Bertz CT molecular complexity index is 474. The molecule has 0 saturated carbocycles. The number of hydrogen-bond donors (Lipinski definition) is 3. The second kappa shape index (κ2) is 7.64. The van der Waals surface area contributed by atoms with Crippen LogP contribution in [0.4, 0.5) is 4.79 Å². The standard InChI is InChI=1S/C15H22N2O4/c1-15(21,10-13(18)19)11-16-14(20)17(2)9-8-12-6-4-3-5-7-12/h3-7,21H,8-11H2,1-2H3,(H,16,20)(H,18,19). The van der Waals surface area contributed by atoms with Crippen LogP contribution in [0.15, 0.2) is 30.3 Å². The van der Waals surface area contributed by atoms with Crippen molar-refractivity contribution in [1.82, 2.24) is 10.2 Å². The highest BCUT2D eigenvalue weighted by molar-refractivity contribution is 5.74. The Hall–Kier alpha value is -2.08. The molecule has 0 aliphatic rings. The fourth-order valence-corrected chi connectivity index (χ4v) is 1.83. The van der Waals surface area contributed by atoms with Crippen LogP contribution in [0.1, 0.15) is 18.9 Å². The van der Waals surface area contributed by atoms with Crippen molar-refractivity contribution in [3.63, 3.8) is 0 Å². The summed E-state index contributed by atoms with van der Waals surface area (Å²) in [6.45, 7) is 1.82. The van der Waals surface area contributed by atoms with Gasteiger partial charge in [0.1, 0.15) is 0 Å². The lowest BCUT2D eigenvalue weighted by Crippen LogP contribution is -2.46. The van der Waals surface area contributed by atoms with E-state index in [2.05, 4.69) is 5.32 Å². The van der Waals surface area contributed by atoms with Crippen LogP contribution in [0.25, 0.3) is 0 Å². The first-order valence-corrected chi connectivity index (χ1v) is 6.77. The van der Waals surface area contributed by atoms with Gasteiger partial charge in [0.2, 0.25) is 0 Å². The summed E-state index contributed by atoms with van der Waals surface area (Å²) in [4.78, 5) is 23.9. The van der Waals surface area contributed by atoms with Gasteiger partial charge < -0.3 is 20.4 Å². The topological polar surface area (TPSA) is 89.9 Å². The third-order valence-electron chi connectivity index (χ3n) is 3.08. The van der Waals surface area contributed by atoms with Crippen LogP contribution in [0.2, 0.25) is 0 Å². The number of carbonyl (C=O) groups is 2. The van der Waals surface area contributed by atoms with E-state index in [1.54, 1.807) is 7.05 Å². The van der Waals surface area contributed by atoms with Crippen molar-refractivity contribution in [3.05, 3.63) is 35.9 Å². The molecule has 0 heterocycles. The Morgan fingerprint density at radius 3 is 2.48 bits per heavy atom. The third kappa shape index (κ3) is 6.76. The van der Waals surface area contributed by atoms with Gasteiger partial charge in [-0.2, -0.15) is 0 Å². The number of amides is 2. The quantitative estimate of drug-likeness (QED) is 0.702. The molecule has 1 aromatic carbocycles. The number of carbonyl (C=O) groups excluding carboxylic acids is 1. The van der Waals surface area contributed by atoms with Crippen molar-refractivity contribution in [2.24, 2.45) is 0 Å². The van der Waals surface area contributed by atoms with Crippen LogP contribution in [-0.2, 0) is 11.2 Å². The van der Waals surface area contributed by atoms with Gasteiger partial charge in [0, 0.05) is 20.1 Å². The van der Waals surface area contributed by atoms with Crippen molar-refractivity contribution in [1.29, 1.82) is 0 Å². The lowest BCUT2D eigenvalue weighted by atomic mass is 10.0. The van der Waals surface area contributed by atoms with Crippen molar-refractivity contribution in [2.75, 3.05) is 20.1 Å². The van der Waals surface area contributed by atoms with Crippen LogP contribution < -0.4 is 5.32 Å². The van der Waals surface area contributed by atoms with Crippen LogP contribution >= 0.6 is 0 Å². The molecule has 6 nitrogen and oxygen atoms in total. The fraction of sp³-hybridized carbons (Fsp3) is 0.467. The summed E-state index contributed by atoms with van der Waals surface area (Å²) >= 11 is 0. The smallest absolute Gasteiger partial charge is 0.317 e. The first-order valence-electron chi connectivity index (χ1n) is 6.77. The molecule has 6 heteroatoms. The van der Waals surface area contributed by atoms with Crippen molar-refractivity contribution in [2.45, 2.75) is 25.4 Å². The van der Waals surface area contributed by atoms with E-state index in [4.69, 9.17) is 5.11 Å². The van der Waals surface area contributed by atoms with Gasteiger partial charge in [-0.05, 0) is 18.9 Å². The summed E-state index contributed by atoms with van der Waals surface area (Å²) < 4.78 is 0. The minimum atomic E-state index is -1.46. The van der Waals surface area contributed by atoms with E-state index in [-0.39, 0.29) is 12.6 Å². The zero-order chi connectivity index (χ0) is 15.9. The maximum atomic E-state index is 11.9. The number of aliphatic hydroxyl groups is 1. The first-order chi connectivity index (χ1) is 9.80. The predicted octanol–water partition coefficient (Wildman–Crippen LogP) is 1.10. The number of carboxylic acids is 1. The van der Waals surface area contributed by atoms with Crippen LogP contribution in [0.3, 0.4) is 0 Å². The number of aliphatic carboxylic acids is 1. The van der Waals surface area contributed by atoms with Gasteiger partial charge in [-0.25, -0.2) is 4.79 Å². The summed E-state index contributed by atoms with van der Waals surface area (Å²) in [5.41, 5.74) is -0.322. The number of urea groups is 1. The number of likely N-dealkylation sites (N-methyl/N-ethyl adjacent to an activating group) is 1. The van der Waals surface area contributed by atoms with E-state index >= 15 is 0 Å². The summed E-state index contributed by atoms with van der Waals surface area (Å²) in [6, 6.07) is 9.46. The molecule has 3 N–H and O–H groups in total. The lowest BCUT2D eigenvalue weighted by molar-refractivity contribution is -0.141. The SMILES string of the molecule is CN(CCc1ccccc1)C(=O)NCC(C)(O)CC(=O)O. The number of carboxylic acid groups (broad SMARTS) is 1. The molecule has 1 rings (SSSR count). The number of nitrogens with zero attached hydrogens (tertiary/aromatic N) is 1. The predicted molar refractivity (Wildman–Crippen MR) is 79.1 cm³/mol. The van der Waals surface area contributed by atoms with E-state index in [1.165, 1.54) is 11.8 Å². The zero-order valence-corrected chi connectivity index (χ0v) is 12.4. The minimum Gasteiger partial charge on any atom is -0.481 e. The Morgan fingerprint density at radius 2 is 1.90 bits per heavy atom. The van der Waals surface area contributed by atoms with E-state index in [0.717, 1.165) is 12.0 Å². The number of benzene rings is 1. The summed E-state index contributed by atoms with van der Waals surface area (Å²) in [6.07, 6.45) is 0.317. The van der Waals surface area contributed by atoms with E-state index in [0.29, 0.717) is 6.54 Å². The Labute approximate surface area is 124 Å². The van der Waals surface area contributed by atoms with Gasteiger partial charge in [0.15, 0.2) is 0 Å². The molecule has 0 radical (unpaired) electrons. The Kier molecular flexibility index (Phi) is 6.17. The van der Waals surface area contributed by atoms with Crippen LogP contribution in [0, 0.1) is 0 Å². The lowest BCUT2D eigenvalue weighted by Gasteiger charge is -2.24. The van der Waals surface area contributed by atoms with Gasteiger partial charge in [-0.1, -0.05) is 30.3 Å². The molecule has 0 fully saturated rings. The summed E-state index contributed by atoms with van der Waals surface area (Å²) in [5.74, 6) is -1.10. The second-order valence-corrected chi connectivity index (χ2v) is 5.38. The first kappa shape index (κ1) is 17.0. The largest absolute Gasteiger partial charge is 0.481 e. The molecule has 0 aromatic heterocycles. The van der Waals surface area contributed by atoms with Crippen molar-refractivity contribution < 1.29 is 19.8 Å². The van der Waals surface area contributed by atoms with E-state index in [1.807, 2.05) is 30.3 Å². The molecule has 2 amide bonds. The Balaban J connectivity index is 2.36. The molecule has 116 valence electrons. The van der Waals surface area contributed by atoms with Gasteiger partial charge >= 0.3 is 12.0 Å². The average Bonchev–Trinajstić information content (AvgIpc) is 2.42. The molecule has 0 spiro atoms. The monoisotopic (exact) mass is 294 g/mol. The molecule has 1 aromatic rings. The summed E-state index contributed by atoms with van der Waals surface area (Å²) in [7, 11) is 1.66. The highest BCUT2D eigenvalue weighted by Gasteiger charge is 2.25. The number of hydrogen-bond acceptors (Lipinski definition) is 3. The third-order valence-corrected chi connectivity index (χ3v) is 3.08. The maximum Gasteiger partial charge on any atom is 0.317 e. The molecule has 0 bridgehead atoms. The maximum absolute atomic E-state index is 11.9. The molecule has 0 aliphatic heterocycles. The molecule has 0 aliphatic carbocycles. The normalized spacial score (nSPS) is 13.3. The molecule has 1 unspecified atom stereocenters. The van der Waals surface area contributed by atoms with Gasteiger partial charge in [-0.15, -0.1) is 0 Å². The van der Waals surface area contributed by atoms with Crippen molar-refractivity contribution >= 4 is 12.0 Å². The highest BCUT2D eigenvalue weighted by Crippen LogP contribution is 2.07. The number of rotatable bonds is 7. The highest BCUT2D eigenvalue weighted by atomic mass is 16.4. The fourth-order valence-electron chi connectivity index (χ4n) is 1.83. The molecular weight excluding hydrogens is 272 g/mol. The van der Waals surface area contributed by atoms with Crippen LogP contribution in [0.5, 0.6) is 0 Å². The Morgan fingerprint density at radius 1 is 1.29 bits per heavy atom. The molecule has 21 heavy (non-hydrogen) atoms. The molecule has 1 atom stereocenters. The molecular formula is C15H22N2O4. The van der Waals surface area contributed by atoms with Gasteiger partial charge in [0.05, 0.1) is 12.0 Å². The molecule has 0 saturated heterocycles. The second-order valence-electron chi connectivity index (χ2n) is 5.38. The van der Waals surface area contributed by atoms with Crippen molar-refractivity contribution in [3.8, 4) is 0 Å². The minimum absolute atomic E-state index is 0.103.